The first-order valence-electron chi connectivity index (χ1n) is 8.58. The first-order valence-corrected chi connectivity index (χ1v) is 8.58. The fourth-order valence-electron chi connectivity index (χ4n) is 3.35. The maximum Gasteiger partial charge on any atom is 0.290 e. The summed E-state index contributed by atoms with van der Waals surface area (Å²) in [4.78, 5) is 17.9. The average Bonchev–Trinajstić information content (AvgIpc) is 3.16. The number of aromatic nitrogens is 2. The lowest BCUT2D eigenvalue weighted by molar-refractivity contribution is -0.122. The Labute approximate surface area is 149 Å². The zero-order chi connectivity index (χ0) is 18.2. The van der Waals surface area contributed by atoms with Crippen molar-refractivity contribution in [2.75, 3.05) is 31.6 Å². The average molecular weight is 344 g/mol. The van der Waals surface area contributed by atoms with Crippen LogP contribution in [-0.2, 0) is 18.4 Å². The normalized spacial score (nSPS) is 16.6. The van der Waals surface area contributed by atoms with Crippen LogP contribution in [0.15, 0.2) is 36.5 Å². The van der Waals surface area contributed by atoms with Gasteiger partial charge in [-0.2, -0.15) is 0 Å². The summed E-state index contributed by atoms with van der Waals surface area (Å²) in [7, 11) is 4.26. The van der Waals surface area contributed by atoms with Gasteiger partial charge in [0.15, 0.2) is 0 Å². The van der Waals surface area contributed by atoms with Gasteiger partial charge in [-0.3, -0.25) is 4.79 Å². The van der Waals surface area contributed by atoms with Gasteiger partial charge in [-0.05, 0) is 38.4 Å². The van der Waals surface area contributed by atoms with E-state index >= 15 is 0 Å². The highest BCUT2D eigenvalue weighted by atomic mass is 16.3. The van der Waals surface area contributed by atoms with Crippen molar-refractivity contribution in [3.05, 3.63) is 48.0 Å². The highest BCUT2D eigenvalue weighted by Gasteiger charge is 2.23. The maximum absolute atomic E-state index is 8.36. The van der Waals surface area contributed by atoms with Gasteiger partial charge in [-0.25, -0.2) is 4.98 Å². The Morgan fingerprint density at radius 3 is 2.64 bits per heavy atom. The molecule has 6 heteroatoms. The third-order valence-electron chi connectivity index (χ3n) is 4.57. The minimum atomic E-state index is -0.250. The molecule has 1 atom stereocenters. The highest BCUT2D eigenvalue weighted by Crippen LogP contribution is 2.24. The zero-order valence-electron chi connectivity index (χ0n) is 15.3. The Balaban J connectivity index is 0.000000701. The van der Waals surface area contributed by atoms with Crippen molar-refractivity contribution in [1.29, 1.82) is 0 Å². The molecule has 1 aromatic heterocycles. The van der Waals surface area contributed by atoms with E-state index in [0.717, 1.165) is 31.4 Å². The van der Waals surface area contributed by atoms with Crippen LogP contribution in [0.5, 0.6) is 0 Å². The Bertz CT molecular complexity index is 637. The SMILES string of the molecule is Cc1nc(CN(C)CC2CCN(c3ccccc3)C2)cn1C.O=CO. The van der Waals surface area contributed by atoms with E-state index in [0.29, 0.717) is 0 Å². The van der Waals surface area contributed by atoms with E-state index in [9.17, 15) is 0 Å². The van der Waals surface area contributed by atoms with Gasteiger partial charge < -0.3 is 19.5 Å². The van der Waals surface area contributed by atoms with E-state index in [1.165, 1.54) is 24.3 Å². The van der Waals surface area contributed by atoms with Crippen molar-refractivity contribution in [3.63, 3.8) is 0 Å². The fourth-order valence-corrected chi connectivity index (χ4v) is 3.35. The lowest BCUT2D eigenvalue weighted by Gasteiger charge is -2.22. The molecule has 0 bridgehead atoms. The summed E-state index contributed by atoms with van der Waals surface area (Å²) in [6.45, 7) is 6.21. The van der Waals surface area contributed by atoms with Gasteiger partial charge in [0, 0.05) is 45.1 Å². The number of hydrogen-bond donors (Lipinski definition) is 1. The summed E-state index contributed by atoms with van der Waals surface area (Å²) in [6.07, 6.45) is 3.41. The minimum Gasteiger partial charge on any atom is -0.483 e. The molecular weight excluding hydrogens is 316 g/mol. The Morgan fingerprint density at radius 2 is 2.04 bits per heavy atom. The lowest BCUT2D eigenvalue weighted by Crippen LogP contribution is -2.28. The van der Waals surface area contributed by atoms with E-state index in [-0.39, 0.29) is 6.47 Å². The van der Waals surface area contributed by atoms with E-state index < -0.39 is 0 Å². The maximum atomic E-state index is 8.36. The number of carboxylic acid groups (broad SMARTS) is 1. The first kappa shape index (κ1) is 19.0. The molecule has 1 fully saturated rings. The summed E-state index contributed by atoms with van der Waals surface area (Å²) in [5.74, 6) is 1.83. The van der Waals surface area contributed by atoms with Crippen LogP contribution in [0.3, 0.4) is 0 Å². The predicted octanol–water partition coefficient (Wildman–Crippen LogP) is 2.39. The number of nitrogens with zero attached hydrogens (tertiary/aromatic N) is 4. The molecule has 1 aliphatic heterocycles. The van der Waals surface area contributed by atoms with Gasteiger partial charge in [-0.1, -0.05) is 18.2 Å². The largest absolute Gasteiger partial charge is 0.483 e. The van der Waals surface area contributed by atoms with Gasteiger partial charge >= 0.3 is 0 Å². The standard InChI is InChI=1S/C18H26N4.CH2O2/c1-15-19-17(14-21(15)3)13-20(2)11-16-9-10-22(12-16)18-7-5-4-6-8-18;2-1-3/h4-8,14,16H,9-13H2,1-3H3;1H,(H,2,3). The number of aryl methyl sites for hydroxylation is 2. The third kappa shape index (κ3) is 5.60. The summed E-state index contributed by atoms with van der Waals surface area (Å²) in [5, 5.41) is 6.89. The predicted molar refractivity (Wildman–Crippen MR) is 99.7 cm³/mol. The second-order valence-corrected chi connectivity index (χ2v) is 6.63. The molecule has 0 radical (unpaired) electrons. The molecule has 136 valence electrons. The van der Waals surface area contributed by atoms with Crippen LogP contribution in [0.25, 0.3) is 0 Å². The molecule has 6 nitrogen and oxygen atoms in total. The van der Waals surface area contributed by atoms with Gasteiger partial charge in [0.05, 0.1) is 5.69 Å². The van der Waals surface area contributed by atoms with Crippen molar-refractivity contribution >= 4 is 12.2 Å². The summed E-state index contributed by atoms with van der Waals surface area (Å²) in [6, 6.07) is 10.8. The summed E-state index contributed by atoms with van der Waals surface area (Å²) >= 11 is 0. The third-order valence-corrected chi connectivity index (χ3v) is 4.57. The summed E-state index contributed by atoms with van der Waals surface area (Å²) < 4.78 is 2.09. The molecule has 1 saturated heterocycles. The molecule has 25 heavy (non-hydrogen) atoms. The molecule has 0 spiro atoms. The number of imidazole rings is 1. The monoisotopic (exact) mass is 344 g/mol. The van der Waals surface area contributed by atoms with Gasteiger partial charge in [-0.15, -0.1) is 0 Å². The van der Waals surface area contributed by atoms with E-state index in [1.54, 1.807) is 0 Å². The first-order chi connectivity index (χ1) is 12.0. The van der Waals surface area contributed by atoms with E-state index in [2.05, 4.69) is 76.9 Å². The molecule has 2 aromatic rings. The molecule has 0 amide bonds. The fraction of sp³-hybridized carbons (Fsp3) is 0.474. The zero-order valence-corrected chi connectivity index (χ0v) is 15.3. The topological polar surface area (TPSA) is 61.6 Å². The summed E-state index contributed by atoms with van der Waals surface area (Å²) in [5.41, 5.74) is 2.52. The smallest absolute Gasteiger partial charge is 0.290 e. The van der Waals surface area contributed by atoms with E-state index in [1.807, 2.05) is 0 Å². The Morgan fingerprint density at radius 1 is 1.36 bits per heavy atom. The molecule has 1 aromatic carbocycles. The molecular formula is C19H28N4O2. The number of carbonyl (C=O) groups is 1. The van der Waals surface area contributed by atoms with Crippen LogP contribution in [0.2, 0.25) is 0 Å². The Kier molecular flexibility index (Phi) is 7.01. The number of benzene rings is 1. The molecule has 1 N–H and O–H groups in total. The molecule has 0 saturated carbocycles. The van der Waals surface area contributed by atoms with Gasteiger partial charge in [0.25, 0.3) is 6.47 Å². The van der Waals surface area contributed by atoms with Crippen LogP contribution in [-0.4, -0.2) is 52.7 Å². The molecule has 1 aliphatic rings. The van der Waals surface area contributed by atoms with Crippen LogP contribution >= 0.6 is 0 Å². The Hall–Kier alpha value is -2.34. The molecule has 2 heterocycles. The highest BCUT2D eigenvalue weighted by molar-refractivity contribution is 5.46. The minimum absolute atomic E-state index is 0.250. The van der Waals surface area contributed by atoms with Crippen molar-refractivity contribution in [3.8, 4) is 0 Å². The molecule has 1 unspecified atom stereocenters. The van der Waals surface area contributed by atoms with Crippen LogP contribution < -0.4 is 4.90 Å². The second-order valence-electron chi connectivity index (χ2n) is 6.63. The number of rotatable bonds is 5. The lowest BCUT2D eigenvalue weighted by atomic mass is 10.1. The van der Waals surface area contributed by atoms with Crippen LogP contribution in [0, 0.1) is 12.8 Å². The number of anilines is 1. The number of para-hydroxylation sites is 1. The molecule has 0 aliphatic carbocycles. The van der Waals surface area contributed by atoms with Gasteiger partial charge in [0.1, 0.15) is 5.82 Å². The van der Waals surface area contributed by atoms with Crippen molar-refractivity contribution < 1.29 is 9.90 Å². The van der Waals surface area contributed by atoms with Crippen molar-refractivity contribution in [1.82, 2.24) is 14.5 Å². The van der Waals surface area contributed by atoms with Crippen LogP contribution in [0.1, 0.15) is 17.9 Å². The van der Waals surface area contributed by atoms with Gasteiger partial charge in [0.2, 0.25) is 0 Å². The van der Waals surface area contributed by atoms with Crippen molar-refractivity contribution in [2.24, 2.45) is 13.0 Å². The number of hydrogen-bond acceptors (Lipinski definition) is 4. The van der Waals surface area contributed by atoms with Crippen LogP contribution in [0.4, 0.5) is 5.69 Å². The molecule has 3 rings (SSSR count). The van der Waals surface area contributed by atoms with Crippen molar-refractivity contribution in [2.45, 2.75) is 19.9 Å². The van der Waals surface area contributed by atoms with E-state index in [4.69, 9.17) is 9.90 Å². The quantitative estimate of drug-likeness (QED) is 0.844. The second kappa shape index (κ2) is 9.22.